The van der Waals surface area contributed by atoms with Crippen molar-refractivity contribution in [3.8, 4) is 11.5 Å². The number of ether oxygens (including phenoxy) is 2. The van der Waals surface area contributed by atoms with Crippen LogP contribution >= 0.6 is 0 Å². The van der Waals surface area contributed by atoms with Gasteiger partial charge in [0.25, 0.3) is 0 Å². The SMILES string of the molecule is CCCOc1ccc(/C=C/C(=O)N(C)[C@H](C)c2ccc([S@@](C)=O)cc2)cc1OC. The van der Waals surface area contributed by atoms with E-state index in [2.05, 4.69) is 0 Å². The molecular formula is C23H29NO4S. The van der Waals surface area contributed by atoms with Crippen molar-refractivity contribution in [2.75, 3.05) is 27.0 Å². The van der Waals surface area contributed by atoms with E-state index in [1.165, 1.54) is 0 Å². The lowest BCUT2D eigenvalue weighted by Gasteiger charge is -2.24. The Kier molecular flexibility index (Phi) is 8.46. The van der Waals surface area contributed by atoms with Crippen LogP contribution in [0.2, 0.25) is 0 Å². The molecule has 6 heteroatoms. The first-order valence-electron chi connectivity index (χ1n) is 9.56. The molecule has 0 aliphatic heterocycles. The molecule has 0 saturated heterocycles. The summed E-state index contributed by atoms with van der Waals surface area (Å²) in [5.41, 5.74) is 1.84. The van der Waals surface area contributed by atoms with Gasteiger partial charge < -0.3 is 14.4 Å². The molecule has 0 aromatic heterocycles. The molecule has 1 amide bonds. The summed E-state index contributed by atoms with van der Waals surface area (Å²) in [4.78, 5) is 15.0. The largest absolute Gasteiger partial charge is 0.493 e. The molecule has 0 fully saturated rings. The van der Waals surface area contributed by atoms with Crippen molar-refractivity contribution in [1.29, 1.82) is 0 Å². The lowest BCUT2D eigenvalue weighted by Crippen LogP contribution is -2.27. The molecule has 0 N–H and O–H groups in total. The first-order chi connectivity index (χ1) is 13.9. The number of hydrogen-bond acceptors (Lipinski definition) is 4. The lowest BCUT2D eigenvalue weighted by atomic mass is 10.1. The number of rotatable bonds is 9. The van der Waals surface area contributed by atoms with Crippen molar-refractivity contribution in [2.45, 2.75) is 31.2 Å². The number of likely N-dealkylation sites (N-methyl/N-ethyl adjacent to an activating group) is 1. The predicted molar refractivity (Wildman–Crippen MR) is 118 cm³/mol. The van der Waals surface area contributed by atoms with Gasteiger partial charge in [-0.1, -0.05) is 25.1 Å². The molecular weight excluding hydrogens is 386 g/mol. The molecule has 0 unspecified atom stereocenters. The third-order valence-electron chi connectivity index (χ3n) is 4.69. The molecule has 0 saturated carbocycles. The molecule has 0 aliphatic rings. The van der Waals surface area contributed by atoms with Gasteiger partial charge in [0.1, 0.15) is 0 Å². The Labute approximate surface area is 175 Å². The summed E-state index contributed by atoms with van der Waals surface area (Å²) in [5.74, 6) is 1.23. The van der Waals surface area contributed by atoms with E-state index in [0.717, 1.165) is 22.4 Å². The van der Waals surface area contributed by atoms with E-state index in [0.29, 0.717) is 18.1 Å². The van der Waals surface area contributed by atoms with Gasteiger partial charge in [0.05, 0.1) is 19.8 Å². The van der Waals surface area contributed by atoms with Gasteiger partial charge in [0.15, 0.2) is 11.5 Å². The van der Waals surface area contributed by atoms with E-state index in [1.807, 2.05) is 56.3 Å². The van der Waals surface area contributed by atoms with E-state index in [-0.39, 0.29) is 11.9 Å². The second kappa shape index (κ2) is 10.8. The molecule has 0 radical (unpaired) electrons. The van der Waals surface area contributed by atoms with Gasteiger partial charge in [-0.05, 0) is 54.8 Å². The van der Waals surface area contributed by atoms with Crippen LogP contribution in [-0.2, 0) is 15.6 Å². The molecule has 0 spiro atoms. The number of methoxy groups -OCH3 is 1. The van der Waals surface area contributed by atoms with Crippen LogP contribution in [0.1, 0.15) is 37.4 Å². The number of carbonyl (C=O) groups is 1. The van der Waals surface area contributed by atoms with Crippen LogP contribution in [0.5, 0.6) is 11.5 Å². The van der Waals surface area contributed by atoms with Crippen LogP contribution < -0.4 is 9.47 Å². The fourth-order valence-corrected chi connectivity index (χ4v) is 3.28. The van der Waals surface area contributed by atoms with E-state index >= 15 is 0 Å². The molecule has 0 heterocycles. The van der Waals surface area contributed by atoms with E-state index in [4.69, 9.17) is 9.47 Å². The van der Waals surface area contributed by atoms with Crippen molar-refractivity contribution in [1.82, 2.24) is 4.90 Å². The molecule has 29 heavy (non-hydrogen) atoms. The van der Waals surface area contributed by atoms with Crippen LogP contribution in [0, 0.1) is 0 Å². The third-order valence-corrected chi connectivity index (χ3v) is 5.63. The van der Waals surface area contributed by atoms with Crippen molar-refractivity contribution in [3.63, 3.8) is 0 Å². The Bertz CT molecular complexity index is 877. The Morgan fingerprint density at radius 3 is 2.45 bits per heavy atom. The number of benzene rings is 2. The fourth-order valence-electron chi connectivity index (χ4n) is 2.76. The standard InChI is InChI=1S/C23H29NO4S/c1-6-15-28-21-13-7-18(16-22(21)27-4)8-14-23(25)24(3)17(2)19-9-11-20(12-10-19)29(5)26/h7-14,16-17H,6,15H2,1-5H3/b14-8+/t17-,29-/m1/s1. The van der Waals surface area contributed by atoms with Gasteiger partial charge in [-0.15, -0.1) is 0 Å². The van der Waals surface area contributed by atoms with Gasteiger partial charge in [-0.25, -0.2) is 0 Å². The van der Waals surface area contributed by atoms with Crippen LogP contribution in [0.4, 0.5) is 0 Å². The zero-order valence-corrected chi connectivity index (χ0v) is 18.5. The van der Waals surface area contributed by atoms with Gasteiger partial charge in [0.2, 0.25) is 5.91 Å². The minimum absolute atomic E-state index is 0.106. The molecule has 2 aromatic carbocycles. The Morgan fingerprint density at radius 2 is 1.86 bits per heavy atom. The summed E-state index contributed by atoms with van der Waals surface area (Å²) < 4.78 is 22.6. The maximum Gasteiger partial charge on any atom is 0.246 e. The van der Waals surface area contributed by atoms with Crippen molar-refractivity contribution in [2.24, 2.45) is 0 Å². The first-order valence-corrected chi connectivity index (χ1v) is 11.1. The van der Waals surface area contributed by atoms with Crippen molar-refractivity contribution >= 4 is 22.8 Å². The molecule has 2 atom stereocenters. The molecule has 156 valence electrons. The zero-order chi connectivity index (χ0) is 21.4. The highest BCUT2D eigenvalue weighted by atomic mass is 32.2. The molecule has 0 bridgehead atoms. The summed E-state index contributed by atoms with van der Waals surface area (Å²) in [5, 5.41) is 0. The average molecular weight is 416 g/mol. The number of nitrogens with zero attached hydrogens (tertiary/aromatic N) is 1. The minimum Gasteiger partial charge on any atom is -0.493 e. The van der Waals surface area contributed by atoms with E-state index in [9.17, 15) is 9.00 Å². The van der Waals surface area contributed by atoms with Crippen LogP contribution in [0.25, 0.3) is 6.08 Å². The maximum atomic E-state index is 12.6. The number of amides is 1. The van der Waals surface area contributed by atoms with Crippen LogP contribution in [0.15, 0.2) is 53.4 Å². The van der Waals surface area contributed by atoms with Gasteiger partial charge in [-0.3, -0.25) is 9.00 Å². The summed E-state index contributed by atoms with van der Waals surface area (Å²) in [6, 6.07) is 13.0. The molecule has 2 rings (SSSR count). The van der Waals surface area contributed by atoms with Gasteiger partial charge in [-0.2, -0.15) is 0 Å². The van der Waals surface area contributed by atoms with E-state index in [1.54, 1.807) is 37.5 Å². The summed E-state index contributed by atoms with van der Waals surface area (Å²) in [7, 11) is 2.36. The zero-order valence-electron chi connectivity index (χ0n) is 17.7. The third kappa shape index (κ3) is 6.19. The quantitative estimate of drug-likeness (QED) is 0.568. The monoisotopic (exact) mass is 415 g/mol. The Balaban J connectivity index is 2.07. The van der Waals surface area contributed by atoms with Crippen LogP contribution in [0.3, 0.4) is 0 Å². The van der Waals surface area contributed by atoms with E-state index < -0.39 is 10.8 Å². The van der Waals surface area contributed by atoms with Crippen molar-refractivity contribution in [3.05, 3.63) is 59.7 Å². The lowest BCUT2D eigenvalue weighted by molar-refractivity contribution is -0.126. The first kappa shape index (κ1) is 22.7. The van der Waals surface area contributed by atoms with Crippen LogP contribution in [-0.4, -0.2) is 42.0 Å². The fraction of sp³-hybridized carbons (Fsp3) is 0.348. The highest BCUT2D eigenvalue weighted by Crippen LogP contribution is 2.29. The normalized spacial score (nSPS) is 13.1. The summed E-state index contributed by atoms with van der Waals surface area (Å²) >= 11 is 0. The molecule has 0 aliphatic carbocycles. The number of carbonyl (C=O) groups excluding carboxylic acids is 1. The Hall–Kier alpha value is -2.60. The Morgan fingerprint density at radius 1 is 1.17 bits per heavy atom. The predicted octanol–water partition coefficient (Wildman–Crippen LogP) is 4.45. The second-order valence-corrected chi connectivity index (χ2v) is 8.12. The van der Waals surface area contributed by atoms with Gasteiger partial charge >= 0.3 is 0 Å². The molecule has 5 nitrogen and oxygen atoms in total. The molecule has 2 aromatic rings. The summed E-state index contributed by atoms with van der Waals surface area (Å²) in [6.45, 7) is 4.64. The van der Waals surface area contributed by atoms with Crippen molar-refractivity contribution < 1.29 is 18.5 Å². The topological polar surface area (TPSA) is 55.8 Å². The number of hydrogen-bond donors (Lipinski definition) is 0. The van der Waals surface area contributed by atoms with Gasteiger partial charge in [0, 0.05) is 35.1 Å². The smallest absolute Gasteiger partial charge is 0.246 e. The maximum absolute atomic E-state index is 12.6. The highest BCUT2D eigenvalue weighted by Gasteiger charge is 2.15. The minimum atomic E-state index is -1.01. The summed E-state index contributed by atoms with van der Waals surface area (Å²) in [6.07, 6.45) is 5.88. The second-order valence-electron chi connectivity index (χ2n) is 6.74. The highest BCUT2D eigenvalue weighted by molar-refractivity contribution is 7.84. The average Bonchev–Trinajstić information content (AvgIpc) is 2.75.